The topological polar surface area (TPSA) is 35.2 Å². The first kappa shape index (κ1) is 12.3. The molecule has 2 rings (SSSR count). The van der Waals surface area contributed by atoms with Crippen molar-refractivity contribution in [1.82, 2.24) is 0 Å². The van der Waals surface area contributed by atoms with E-state index >= 15 is 0 Å². The van der Waals surface area contributed by atoms with Gasteiger partial charge >= 0.3 is 0 Å². The first-order valence-electron chi connectivity index (χ1n) is 5.22. The average Bonchev–Trinajstić information content (AvgIpc) is 2.61. The highest BCUT2D eigenvalue weighted by atomic mass is 35.5. The molecule has 0 fully saturated rings. The second kappa shape index (κ2) is 5.38. The normalized spacial score (nSPS) is 18.1. The van der Waals surface area contributed by atoms with E-state index in [4.69, 9.17) is 10.5 Å². The van der Waals surface area contributed by atoms with Gasteiger partial charge in [-0.15, -0.1) is 12.4 Å². The molecule has 0 radical (unpaired) electrons. The third kappa shape index (κ3) is 2.44. The van der Waals surface area contributed by atoms with Gasteiger partial charge in [0.1, 0.15) is 5.75 Å². The first-order chi connectivity index (χ1) is 6.85. The highest BCUT2D eigenvalue weighted by Gasteiger charge is 2.21. The molecule has 15 heavy (non-hydrogen) atoms. The van der Waals surface area contributed by atoms with Gasteiger partial charge in [0, 0.05) is 0 Å². The van der Waals surface area contributed by atoms with E-state index in [9.17, 15) is 0 Å². The van der Waals surface area contributed by atoms with Crippen molar-refractivity contribution in [3.63, 3.8) is 0 Å². The monoisotopic (exact) mass is 227 g/mol. The Hall–Kier alpha value is -0.730. The third-order valence-electron chi connectivity index (χ3n) is 3.07. The predicted molar refractivity (Wildman–Crippen MR) is 65.0 cm³/mol. The summed E-state index contributed by atoms with van der Waals surface area (Å²) in [5.74, 6) is 1.62. The third-order valence-corrected chi connectivity index (χ3v) is 3.07. The van der Waals surface area contributed by atoms with E-state index in [0.717, 1.165) is 18.7 Å². The number of rotatable bonds is 3. The molecule has 0 aromatic heterocycles. The molecule has 84 valence electrons. The molecular weight excluding hydrogens is 210 g/mol. The maximum Gasteiger partial charge on any atom is 0.119 e. The van der Waals surface area contributed by atoms with E-state index in [2.05, 4.69) is 12.1 Å². The van der Waals surface area contributed by atoms with Crippen molar-refractivity contribution < 1.29 is 4.74 Å². The fraction of sp³-hybridized carbons (Fsp3) is 0.500. The smallest absolute Gasteiger partial charge is 0.119 e. The quantitative estimate of drug-likeness (QED) is 0.861. The fourth-order valence-electron chi connectivity index (χ4n) is 2.29. The highest BCUT2D eigenvalue weighted by molar-refractivity contribution is 5.85. The Morgan fingerprint density at radius 1 is 1.47 bits per heavy atom. The maximum absolute atomic E-state index is 5.60. The lowest BCUT2D eigenvalue weighted by Gasteiger charge is -2.10. The number of halogens is 1. The molecule has 2 N–H and O–H groups in total. The van der Waals surface area contributed by atoms with Crippen LogP contribution in [0.5, 0.6) is 5.75 Å². The van der Waals surface area contributed by atoms with Crippen molar-refractivity contribution in [2.75, 3.05) is 13.7 Å². The Labute approximate surface area is 97.2 Å². The molecule has 1 aliphatic carbocycles. The van der Waals surface area contributed by atoms with Gasteiger partial charge in [-0.2, -0.15) is 0 Å². The Morgan fingerprint density at radius 2 is 2.27 bits per heavy atom. The summed E-state index contributed by atoms with van der Waals surface area (Å²) in [7, 11) is 1.72. The summed E-state index contributed by atoms with van der Waals surface area (Å²) in [6, 6.07) is 6.40. The molecule has 0 saturated carbocycles. The number of fused-ring (bicyclic) bond motifs is 1. The standard InChI is InChI=1S/C12H17NO.ClH/c1-14-11-5-4-9-2-3-10(6-7-13)12(9)8-11;/h4-5,8,10H,2-3,6-7,13H2,1H3;1H. The van der Waals surface area contributed by atoms with Crippen molar-refractivity contribution in [2.24, 2.45) is 5.73 Å². The SMILES string of the molecule is COc1ccc2c(c1)C(CCN)CC2.Cl. The molecule has 1 atom stereocenters. The minimum Gasteiger partial charge on any atom is -0.497 e. The van der Waals surface area contributed by atoms with Crippen LogP contribution in [0.4, 0.5) is 0 Å². The maximum atomic E-state index is 5.60. The number of aryl methyl sites for hydroxylation is 1. The van der Waals surface area contributed by atoms with Crippen LogP contribution in [0, 0.1) is 0 Å². The zero-order chi connectivity index (χ0) is 9.97. The summed E-state index contributed by atoms with van der Waals surface area (Å²) in [6.07, 6.45) is 3.55. The van der Waals surface area contributed by atoms with Crippen LogP contribution in [0.1, 0.15) is 29.9 Å². The van der Waals surface area contributed by atoms with Crippen LogP contribution in [0.2, 0.25) is 0 Å². The summed E-state index contributed by atoms with van der Waals surface area (Å²) >= 11 is 0. The van der Waals surface area contributed by atoms with Crippen molar-refractivity contribution >= 4 is 12.4 Å². The van der Waals surface area contributed by atoms with Crippen molar-refractivity contribution in [3.8, 4) is 5.75 Å². The van der Waals surface area contributed by atoms with E-state index in [1.165, 1.54) is 24.0 Å². The van der Waals surface area contributed by atoms with Crippen molar-refractivity contribution in [1.29, 1.82) is 0 Å². The number of methoxy groups -OCH3 is 1. The van der Waals surface area contributed by atoms with E-state index in [0.29, 0.717) is 5.92 Å². The molecule has 0 heterocycles. The summed E-state index contributed by atoms with van der Waals surface area (Å²) in [4.78, 5) is 0. The van der Waals surface area contributed by atoms with Gasteiger partial charge in [-0.25, -0.2) is 0 Å². The van der Waals surface area contributed by atoms with E-state index in [-0.39, 0.29) is 12.4 Å². The molecule has 1 unspecified atom stereocenters. The Bertz CT molecular complexity index is 325. The average molecular weight is 228 g/mol. The summed E-state index contributed by atoms with van der Waals surface area (Å²) in [5.41, 5.74) is 8.53. The zero-order valence-corrected chi connectivity index (χ0v) is 9.85. The van der Waals surface area contributed by atoms with Gasteiger partial charge in [-0.1, -0.05) is 6.07 Å². The van der Waals surface area contributed by atoms with Crippen LogP contribution in [-0.2, 0) is 6.42 Å². The minimum atomic E-state index is 0. The lowest BCUT2D eigenvalue weighted by Crippen LogP contribution is -2.04. The second-order valence-electron chi connectivity index (χ2n) is 3.88. The molecule has 1 aromatic carbocycles. The Balaban J connectivity index is 0.00000112. The number of ether oxygens (including phenoxy) is 1. The predicted octanol–water partition coefficient (Wildman–Crippen LogP) is 2.50. The molecule has 0 bridgehead atoms. The number of hydrogen-bond donors (Lipinski definition) is 1. The number of benzene rings is 1. The summed E-state index contributed by atoms with van der Waals surface area (Å²) < 4.78 is 5.23. The molecule has 2 nitrogen and oxygen atoms in total. The van der Waals surface area contributed by atoms with Crippen LogP contribution < -0.4 is 10.5 Å². The number of hydrogen-bond acceptors (Lipinski definition) is 2. The van der Waals surface area contributed by atoms with E-state index in [1.807, 2.05) is 6.07 Å². The van der Waals surface area contributed by atoms with Gasteiger partial charge in [0.05, 0.1) is 7.11 Å². The molecule has 0 amide bonds. The van der Waals surface area contributed by atoms with Crippen molar-refractivity contribution in [3.05, 3.63) is 29.3 Å². The van der Waals surface area contributed by atoms with Gasteiger partial charge < -0.3 is 10.5 Å². The van der Waals surface area contributed by atoms with Crippen LogP contribution in [-0.4, -0.2) is 13.7 Å². The van der Waals surface area contributed by atoms with E-state index in [1.54, 1.807) is 7.11 Å². The molecule has 0 spiro atoms. The van der Waals surface area contributed by atoms with Gasteiger partial charge in [-0.3, -0.25) is 0 Å². The largest absolute Gasteiger partial charge is 0.497 e. The molecule has 1 aliphatic rings. The van der Waals surface area contributed by atoms with Crippen LogP contribution in [0.25, 0.3) is 0 Å². The van der Waals surface area contributed by atoms with Crippen LogP contribution >= 0.6 is 12.4 Å². The van der Waals surface area contributed by atoms with Gasteiger partial charge in [-0.05, 0) is 55.0 Å². The van der Waals surface area contributed by atoms with Gasteiger partial charge in [0.25, 0.3) is 0 Å². The molecule has 3 heteroatoms. The zero-order valence-electron chi connectivity index (χ0n) is 9.03. The Morgan fingerprint density at radius 3 is 2.93 bits per heavy atom. The fourth-order valence-corrected chi connectivity index (χ4v) is 2.29. The summed E-state index contributed by atoms with van der Waals surface area (Å²) in [5, 5.41) is 0. The Kier molecular flexibility index (Phi) is 4.43. The number of nitrogens with two attached hydrogens (primary N) is 1. The molecule has 0 aliphatic heterocycles. The minimum absolute atomic E-state index is 0. The molecule has 1 aromatic rings. The second-order valence-corrected chi connectivity index (χ2v) is 3.88. The highest BCUT2D eigenvalue weighted by Crippen LogP contribution is 2.36. The van der Waals surface area contributed by atoms with Gasteiger partial charge in [0.15, 0.2) is 0 Å². The van der Waals surface area contributed by atoms with Crippen LogP contribution in [0.3, 0.4) is 0 Å². The first-order valence-corrected chi connectivity index (χ1v) is 5.22. The lowest BCUT2D eigenvalue weighted by atomic mass is 9.98. The van der Waals surface area contributed by atoms with Crippen molar-refractivity contribution in [2.45, 2.75) is 25.2 Å². The van der Waals surface area contributed by atoms with Crippen LogP contribution in [0.15, 0.2) is 18.2 Å². The van der Waals surface area contributed by atoms with Gasteiger partial charge in [0.2, 0.25) is 0 Å². The summed E-state index contributed by atoms with van der Waals surface area (Å²) in [6.45, 7) is 0.779. The molecular formula is C12H18ClNO. The lowest BCUT2D eigenvalue weighted by molar-refractivity contribution is 0.414. The van der Waals surface area contributed by atoms with E-state index < -0.39 is 0 Å². The molecule has 0 saturated heterocycles.